The summed E-state index contributed by atoms with van der Waals surface area (Å²) in [6.45, 7) is 0.881. The summed E-state index contributed by atoms with van der Waals surface area (Å²) in [4.78, 5) is 0.172. The molecule has 5 nitrogen and oxygen atoms in total. The molecule has 0 spiro atoms. The maximum atomic E-state index is 12.5. The Morgan fingerprint density at radius 1 is 1.47 bits per heavy atom. The van der Waals surface area contributed by atoms with Gasteiger partial charge in [0.2, 0.25) is 10.0 Å². The lowest BCUT2D eigenvalue weighted by atomic mass is 10.1. The molecule has 2 rings (SSSR count). The second-order valence-electron chi connectivity index (χ2n) is 4.55. The van der Waals surface area contributed by atoms with Crippen molar-refractivity contribution in [3.8, 4) is 0 Å². The first-order valence-electron chi connectivity index (χ1n) is 6.03. The summed E-state index contributed by atoms with van der Waals surface area (Å²) in [6, 6.07) is 4.38. The van der Waals surface area contributed by atoms with Crippen LogP contribution >= 0.6 is 11.6 Å². The zero-order chi connectivity index (χ0) is 14.0. The maximum absolute atomic E-state index is 12.5. The van der Waals surface area contributed by atoms with E-state index in [1.807, 2.05) is 0 Å². The van der Waals surface area contributed by atoms with Gasteiger partial charge in [-0.15, -0.1) is 0 Å². The van der Waals surface area contributed by atoms with Gasteiger partial charge in [-0.1, -0.05) is 11.6 Å². The third-order valence-corrected chi connectivity index (χ3v) is 5.48. The van der Waals surface area contributed by atoms with Gasteiger partial charge >= 0.3 is 0 Å². The van der Waals surface area contributed by atoms with Crippen LogP contribution in [0.4, 0.5) is 5.69 Å². The van der Waals surface area contributed by atoms with E-state index in [-0.39, 0.29) is 16.7 Å². The van der Waals surface area contributed by atoms with Crippen LogP contribution in [0.25, 0.3) is 0 Å². The van der Waals surface area contributed by atoms with Crippen molar-refractivity contribution in [1.82, 2.24) is 4.31 Å². The van der Waals surface area contributed by atoms with E-state index in [0.717, 1.165) is 12.8 Å². The van der Waals surface area contributed by atoms with Crippen molar-refractivity contribution in [2.75, 3.05) is 25.9 Å². The van der Waals surface area contributed by atoms with Gasteiger partial charge in [-0.2, -0.15) is 4.31 Å². The number of halogens is 1. The molecular weight excluding hydrogens is 288 g/mol. The number of nitrogens with zero attached hydrogens (tertiary/aromatic N) is 1. The molecule has 1 aliphatic rings. The fraction of sp³-hybridized carbons (Fsp3) is 0.500. The molecule has 1 heterocycles. The van der Waals surface area contributed by atoms with Crippen LogP contribution in [0.2, 0.25) is 5.02 Å². The normalized spacial score (nSPS) is 21.5. The first kappa shape index (κ1) is 14.6. The summed E-state index contributed by atoms with van der Waals surface area (Å²) in [6.07, 6.45) is 1.62. The Balaban J connectivity index is 2.28. The van der Waals surface area contributed by atoms with Gasteiger partial charge in [-0.3, -0.25) is 0 Å². The molecule has 1 aromatic carbocycles. The molecule has 1 atom stereocenters. The lowest BCUT2D eigenvalue weighted by Gasteiger charge is -2.31. The standard InChI is InChI=1S/C12H17ClN2O3S/c1-18-9-3-2-6-15(8-9)19(16,17)10-4-5-11(13)12(14)7-10/h4-5,7,9H,2-3,6,8,14H2,1H3. The Bertz CT molecular complexity index is 562. The monoisotopic (exact) mass is 304 g/mol. The van der Waals surface area contributed by atoms with Crippen molar-refractivity contribution in [3.05, 3.63) is 23.2 Å². The number of rotatable bonds is 3. The highest BCUT2D eigenvalue weighted by molar-refractivity contribution is 7.89. The van der Waals surface area contributed by atoms with Gasteiger partial charge in [0.15, 0.2) is 0 Å². The molecule has 1 fully saturated rings. The average Bonchev–Trinajstić information content (AvgIpc) is 2.41. The van der Waals surface area contributed by atoms with Crippen LogP contribution in [-0.4, -0.2) is 39.0 Å². The molecule has 0 amide bonds. The minimum absolute atomic E-state index is 0.0480. The van der Waals surface area contributed by atoms with Crippen molar-refractivity contribution < 1.29 is 13.2 Å². The second kappa shape index (κ2) is 5.66. The molecule has 2 N–H and O–H groups in total. The van der Waals surface area contributed by atoms with Gasteiger partial charge in [0.05, 0.1) is 21.7 Å². The predicted molar refractivity (Wildman–Crippen MR) is 74.7 cm³/mol. The number of anilines is 1. The number of nitrogen functional groups attached to an aromatic ring is 1. The largest absolute Gasteiger partial charge is 0.397 e. The summed E-state index contributed by atoms with van der Waals surface area (Å²) < 4.78 is 31.6. The van der Waals surface area contributed by atoms with Crippen LogP contribution in [0.1, 0.15) is 12.8 Å². The molecule has 0 aromatic heterocycles. The number of hydrogen-bond donors (Lipinski definition) is 1. The first-order valence-corrected chi connectivity index (χ1v) is 7.85. The summed E-state index contributed by atoms with van der Waals surface area (Å²) >= 11 is 5.81. The van der Waals surface area contributed by atoms with E-state index in [4.69, 9.17) is 22.1 Å². The Morgan fingerprint density at radius 3 is 2.84 bits per heavy atom. The molecule has 7 heteroatoms. The number of piperidine rings is 1. The number of ether oxygens (including phenoxy) is 1. The molecule has 19 heavy (non-hydrogen) atoms. The van der Waals surface area contributed by atoms with Gasteiger partial charge in [-0.25, -0.2) is 8.42 Å². The molecule has 1 aromatic rings. The Kier molecular flexibility index (Phi) is 4.35. The van der Waals surface area contributed by atoms with Gasteiger partial charge in [0.25, 0.3) is 0 Å². The lowest BCUT2D eigenvalue weighted by molar-refractivity contribution is 0.0572. The quantitative estimate of drug-likeness (QED) is 0.863. The average molecular weight is 305 g/mol. The second-order valence-corrected chi connectivity index (χ2v) is 6.89. The first-order chi connectivity index (χ1) is 8.95. The van der Waals surface area contributed by atoms with E-state index in [1.54, 1.807) is 7.11 Å². The Labute approximate surface area is 118 Å². The smallest absolute Gasteiger partial charge is 0.243 e. The fourth-order valence-electron chi connectivity index (χ4n) is 2.15. The van der Waals surface area contributed by atoms with E-state index in [2.05, 4.69) is 0 Å². The molecular formula is C12H17ClN2O3S. The molecule has 0 bridgehead atoms. The molecule has 0 radical (unpaired) electrons. The lowest BCUT2D eigenvalue weighted by Crippen LogP contribution is -2.42. The maximum Gasteiger partial charge on any atom is 0.243 e. The van der Waals surface area contributed by atoms with Crippen LogP contribution in [0, 0.1) is 0 Å². The Morgan fingerprint density at radius 2 is 2.21 bits per heavy atom. The predicted octanol–water partition coefficient (Wildman–Crippen LogP) is 1.72. The zero-order valence-corrected chi connectivity index (χ0v) is 12.2. The van der Waals surface area contributed by atoms with Crippen molar-refractivity contribution in [2.24, 2.45) is 0 Å². The zero-order valence-electron chi connectivity index (χ0n) is 10.7. The molecule has 1 aliphatic heterocycles. The van der Waals surface area contributed by atoms with Crippen molar-refractivity contribution >= 4 is 27.3 Å². The minimum Gasteiger partial charge on any atom is -0.397 e. The van der Waals surface area contributed by atoms with Crippen LogP contribution < -0.4 is 5.73 Å². The van der Waals surface area contributed by atoms with Crippen LogP contribution in [-0.2, 0) is 14.8 Å². The summed E-state index contributed by atoms with van der Waals surface area (Å²) in [5.41, 5.74) is 5.93. The number of nitrogens with two attached hydrogens (primary N) is 1. The van der Waals surface area contributed by atoms with Gasteiger partial charge in [0.1, 0.15) is 0 Å². The van der Waals surface area contributed by atoms with Gasteiger partial charge in [-0.05, 0) is 31.0 Å². The molecule has 0 saturated carbocycles. The molecule has 106 valence electrons. The van der Waals surface area contributed by atoms with E-state index >= 15 is 0 Å². The van der Waals surface area contributed by atoms with E-state index in [9.17, 15) is 8.42 Å². The third kappa shape index (κ3) is 3.02. The number of benzene rings is 1. The van der Waals surface area contributed by atoms with Crippen molar-refractivity contribution in [3.63, 3.8) is 0 Å². The van der Waals surface area contributed by atoms with Crippen molar-refractivity contribution in [2.45, 2.75) is 23.8 Å². The summed E-state index contributed by atoms with van der Waals surface area (Å²) in [5, 5.41) is 0.354. The van der Waals surface area contributed by atoms with Gasteiger partial charge < -0.3 is 10.5 Å². The van der Waals surface area contributed by atoms with Crippen molar-refractivity contribution in [1.29, 1.82) is 0 Å². The molecule has 1 unspecified atom stereocenters. The van der Waals surface area contributed by atoms with Crippen LogP contribution in [0.5, 0.6) is 0 Å². The third-order valence-electron chi connectivity index (χ3n) is 3.28. The van der Waals surface area contributed by atoms with Crippen LogP contribution in [0.3, 0.4) is 0 Å². The SMILES string of the molecule is COC1CCCN(S(=O)(=O)c2ccc(Cl)c(N)c2)C1. The number of methoxy groups -OCH3 is 1. The van der Waals surface area contributed by atoms with Crippen LogP contribution in [0.15, 0.2) is 23.1 Å². The molecule has 0 aliphatic carbocycles. The van der Waals surface area contributed by atoms with E-state index in [0.29, 0.717) is 18.1 Å². The topological polar surface area (TPSA) is 72.6 Å². The van der Waals surface area contributed by atoms with Gasteiger partial charge in [0, 0.05) is 20.2 Å². The highest BCUT2D eigenvalue weighted by Crippen LogP contribution is 2.26. The summed E-state index contributed by atoms with van der Waals surface area (Å²) in [5.74, 6) is 0. The highest BCUT2D eigenvalue weighted by Gasteiger charge is 2.30. The summed E-state index contributed by atoms with van der Waals surface area (Å²) in [7, 11) is -1.93. The molecule has 1 saturated heterocycles. The number of hydrogen-bond acceptors (Lipinski definition) is 4. The Hall–Kier alpha value is -0.820. The van der Waals surface area contributed by atoms with E-state index in [1.165, 1.54) is 22.5 Å². The van der Waals surface area contributed by atoms with E-state index < -0.39 is 10.0 Å². The fourth-order valence-corrected chi connectivity index (χ4v) is 3.81. The number of sulfonamides is 1. The minimum atomic E-state index is -3.53. The highest BCUT2D eigenvalue weighted by atomic mass is 35.5.